The van der Waals surface area contributed by atoms with E-state index in [2.05, 4.69) is 4.90 Å². The highest BCUT2D eigenvalue weighted by atomic mass is 32.2. The molecule has 2 heterocycles. The molecule has 0 unspecified atom stereocenters. The fourth-order valence-corrected chi connectivity index (χ4v) is 6.64. The summed E-state index contributed by atoms with van der Waals surface area (Å²) < 4.78 is 39.3. The number of carbonyl (C=O) groups excluding carboxylic acids is 1. The van der Waals surface area contributed by atoms with Gasteiger partial charge in [-0.15, -0.1) is 0 Å². The lowest BCUT2D eigenvalue weighted by Crippen LogP contribution is -2.41. The average molecular weight is 610 g/mol. The van der Waals surface area contributed by atoms with Crippen molar-refractivity contribution in [3.8, 4) is 5.75 Å². The standard InChI is InChI=1S/C32H43N5O5S/c1-3-41-31(38)23-43(39,40)37(18-8-10-25-9-7-11-26(22-25)32(33)34)27-13-14-29(24(2)21-27)42-28-15-19-36(20-16-28)30-12-5-4-6-17-35-30/h7-11,13-14,21-22,28H,3-6,12,15-20,23H2,1-2H3,(H3,33,34)/b10-8+. The van der Waals surface area contributed by atoms with Crippen molar-refractivity contribution in [1.29, 1.82) is 5.41 Å². The Bertz CT molecular complexity index is 1450. The minimum atomic E-state index is -4.05. The topological polar surface area (TPSA) is 138 Å². The van der Waals surface area contributed by atoms with Gasteiger partial charge in [-0.3, -0.25) is 19.5 Å². The SMILES string of the molecule is CCOC(=O)CS(=O)(=O)N(C/C=C/c1cccc(C(=N)N)c1)c1ccc(OC2CCN(C3=NCCCCC3)CC2)c(C)c1. The highest BCUT2D eigenvalue weighted by molar-refractivity contribution is 7.93. The molecule has 3 N–H and O–H groups in total. The fourth-order valence-electron chi connectivity index (χ4n) is 5.35. The van der Waals surface area contributed by atoms with Crippen molar-refractivity contribution in [2.75, 3.05) is 42.8 Å². The van der Waals surface area contributed by atoms with Crippen molar-refractivity contribution in [2.24, 2.45) is 10.7 Å². The van der Waals surface area contributed by atoms with Gasteiger partial charge in [-0.1, -0.05) is 36.8 Å². The van der Waals surface area contributed by atoms with Gasteiger partial charge in [-0.2, -0.15) is 0 Å². The van der Waals surface area contributed by atoms with Crippen LogP contribution in [-0.2, 0) is 19.6 Å². The third-order valence-electron chi connectivity index (χ3n) is 7.62. The molecule has 0 atom stereocenters. The highest BCUT2D eigenvalue weighted by Crippen LogP contribution is 2.29. The number of aliphatic imine (C=N–C) groups is 1. The molecular formula is C32H43N5O5S. The second kappa shape index (κ2) is 15.0. The number of hydrogen-bond acceptors (Lipinski definition) is 8. The lowest BCUT2D eigenvalue weighted by molar-refractivity contribution is -0.139. The first-order valence-electron chi connectivity index (χ1n) is 15.0. The molecule has 0 saturated carbocycles. The van der Waals surface area contributed by atoms with Gasteiger partial charge in [0.1, 0.15) is 17.7 Å². The maximum Gasteiger partial charge on any atom is 0.323 e. The molecule has 0 radical (unpaired) electrons. The number of sulfonamides is 1. The summed E-state index contributed by atoms with van der Waals surface area (Å²) in [6.45, 7) is 6.38. The molecule has 232 valence electrons. The van der Waals surface area contributed by atoms with Crippen LogP contribution in [0, 0.1) is 12.3 Å². The number of piperidine rings is 1. The van der Waals surface area contributed by atoms with Gasteiger partial charge >= 0.3 is 5.97 Å². The van der Waals surface area contributed by atoms with Crippen LogP contribution in [-0.4, -0.2) is 75.6 Å². The van der Waals surface area contributed by atoms with Crippen LogP contribution in [0.3, 0.4) is 0 Å². The number of aryl methyl sites for hydroxylation is 1. The van der Waals surface area contributed by atoms with E-state index < -0.39 is 21.7 Å². The summed E-state index contributed by atoms with van der Waals surface area (Å²) in [6, 6.07) is 12.4. The van der Waals surface area contributed by atoms with Crippen molar-refractivity contribution in [3.63, 3.8) is 0 Å². The molecule has 0 spiro atoms. The number of likely N-dealkylation sites (tertiary alicyclic amines) is 1. The number of hydrogen-bond donors (Lipinski definition) is 2. The smallest absolute Gasteiger partial charge is 0.323 e. The predicted octanol–water partition coefficient (Wildman–Crippen LogP) is 4.51. The maximum atomic E-state index is 13.4. The first kappa shape index (κ1) is 32.1. The third-order valence-corrected chi connectivity index (χ3v) is 9.25. The fraction of sp³-hybridized carbons (Fsp3) is 0.469. The van der Waals surface area contributed by atoms with Gasteiger partial charge in [0.25, 0.3) is 0 Å². The van der Waals surface area contributed by atoms with Crippen molar-refractivity contribution in [1.82, 2.24) is 4.90 Å². The lowest BCUT2D eigenvalue weighted by Gasteiger charge is -2.34. The molecule has 4 rings (SSSR count). The van der Waals surface area contributed by atoms with Gasteiger partial charge in [0.15, 0.2) is 5.75 Å². The monoisotopic (exact) mass is 609 g/mol. The molecular weight excluding hydrogens is 566 g/mol. The largest absolute Gasteiger partial charge is 0.490 e. The summed E-state index contributed by atoms with van der Waals surface area (Å²) in [7, 11) is -4.05. The molecule has 2 aliphatic heterocycles. The zero-order valence-electron chi connectivity index (χ0n) is 25.1. The molecule has 10 nitrogen and oxygen atoms in total. The number of nitrogens with one attached hydrogen (secondary N) is 1. The molecule has 2 aliphatic rings. The Kier molecular flexibility index (Phi) is 11.2. The van der Waals surface area contributed by atoms with E-state index in [1.165, 1.54) is 29.4 Å². The summed E-state index contributed by atoms with van der Waals surface area (Å²) >= 11 is 0. The van der Waals surface area contributed by atoms with Gasteiger partial charge in [0.2, 0.25) is 10.0 Å². The quantitative estimate of drug-likeness (QED) is 0.217. The molecule has 1 fully saturated rings. The van der Waals surface area contributed by atoms with Gasteiger partial charge in [-0.05, 0) is 62.1 Å². The van der Waals surface area contributed by atoms with Gasteiger partial charge in [0.05, 0.1) is 24.7 Å². The van der Waals surface area contributed by atoms with Crippen LogP contribution in [0.1, 0.15) is 62.1 Å². The second-order valence-electron chi connectivity index (χ2n) is 10.9. The molecule has 1 saturated heterocycles. The molecule has 2 aromatic carbocycles. The summed E-state index contributed by atoms with van der Waals surface area (Å²) in [5, 5.41) is 7.65. The zero-order chi connectivity index (χ0) is 30.8. The van der Waals surface area contributed by atoms with E-state index in [1.807, 2.05) is 13.0 Å². The molecule has 43 heavy (non-hydrogen) atoms. The van der Waals surface area contributed by atoms with E-state index in [4.69, 9.17) is 25.6 Å². The molecule has 0 aromatic heterocycles. The number of carbonyl (C=O) groups is 1. The average Bonchev–Trinajstić information content (AvgIpc) is 3.26. The van der Waals surface area contributed by atoms with Crippen LogP contribution in [0.15, 0.2) is 53.5 Å². The van der Waals surface area contributed by atoms with Crippen LogP contribution in [0.5, 0.6) is 5.75 Å². The van der Waals surface area contributed by atoms with Gasteiger partial charge < -0.3 is 20.1 Å². The summed E-state index contributed by atoms with van der Waals surface area (Å²) in [5.74, 6) is 0.333. The summed E-state index contributed by atoms with van der Waals surface area (Å²) in [5.41, 5.74) is 8.18. The molecule has 0 bridgehead atoms. The Morgan fingerprint density at radius 3 is 2.67 bits per heavy atom. The van der Waals surface area contributed by atoms with E-state index in [-0.39, 0.29) is 25.1 Å². The minimum absolute atomic E-state index is 0.00593. The van der Waals surface area contributed by atoms with E-state index >= 15 is 0 Å². The number of ether oxygens (including phenoxy) is 2. The van der Waals surface area contributed by atoms with Crippen molar-refractivity contribution in [3.05, 3.63) is 65.2 Å². The van der Waals surface area contributed by atoms with Crippen molar-refractivity contribution >= 4 is 39.4 Å². The number of nitrogens with two attached hydrogens (primary N) is 1. The summed E-state index contributed by atoms with van der Waals surface area (Å²) in [4.78, 5) is 19.4. The van der Waals surface area contributed by atoms with E-state index in [0.29, 0.717) is 17.0 Å². The first-order valence-corrected chi connectivity index (χ1v) is 16.6. The lowest BCUT2D eigenvalue weighted by atomic mass is 10.1. The van der Waals surface area contributed by atoms with Crippen LogP contribution < -0.4 is 14.8 Å². The number of nitrogen functional groups attached to an aromatic ring is 1. The van der Waals surface area contributed by atoms with Crippen molar-refractivity contribution in [2.45, 2.75) is 58.5 Å². The number of esters is 1. The zero-order valence-corrected chi connectivity index (χ0v) is 25.9. The van der Waals surface area contributed by atoms with E-state index in [0.717, 1.165) is 50.0 Å². The number of nitrogens with zero attached hydrogens (tertiary/aromatic N) is 3. The highest BCUT2D eigenvalue weighted by Gasteiger charge is 2.27. The predicted molar refractivity (Wildman–Crippen MR) is 171 cm³/mol. The second-order valence-corrected chi connectivity index (χ2v) is 12.8. The van der Waals surface area contributed by atoms with Crippen LogP contribution in [0.2, 0.25) is 0 Å². The molecule has 0 aliphatic carbocycles. The van der Waals surface area contributed by atoms with Gasteiger partial charge in [-0.25, -0.2) is 8.42 Å². The van der Waals surface area contributed by atoms with E-state index in [1.54, 1.807) is 55.5 Å². The third kappa shape index (κ3) is 9.06. The normalized spacial score (nSPS) is 16.4. The Balaban J connectivity index is 1.47. The van der Waals surface area contributed by atoms with Crippen LogP contribution >= 0.6 is 0 Å². The Morgan fingerprint density at radius 2 is 1.95 bits per heavy atom. The van der Waals surface area contributed by atoms with Crippen LogP contribution in [0.25, 0.3) is 6.08 Å². The number of anilines is 1. The van der Waals surface area contributed by atoms with Crippen LogP contribution in [0.4, 0.5) is 5.69 Å². The van der Waals surface area contributed by atoms with Gasteiger partial charge in [0, 0.05) is 44.5 Å². The Morgan fingerprint density at radius 1 is 1.16 bits per heavy atom. The maximum absolute atomic E-state index is 13.4. The molecule has 11 heteroatoms. The first-order chi connectivity index (χ1) is 20.7. The Labute approximate surface area is 255 Å². The molecule has 0 amide bonds. The minimum Gasteiger partial charge on any atom is -0.490 e. The number of benzene rings is 2. The number of rotatable bonds is 11. The van der Waals surface area contributed by atoms with E-state index in [9.17, 15) is 13.2 Å². The van der Waals surface area contributed by atoms with Crippen molar-refractivity contribution < 1.29 is 22.7 Å². The summed E-state index contributed by atoms with van der Waals surface area (Å²) in [6.07, 6.45) is 10.0. The Hall–Kier alpha value is -3.86. The number of amidine groups is 2. The molecule has 2 aromatic rings.